The van der Waals surface area contributed by atoms with Gasteiger partial charge in [-0.05, 0) is 44.9 Å². The van der Waals surface area contributed by atoms with Gasteiger partial charge in [0.2, 0.25) is 0 Å². The van der Waals surface area contributed by atoms with Crippen LogP contribution in [0.2, 0.25) is 0 Å². The number of likely N-dealkylation sites (N-methyl/N-ethyl adjacent to an activating group) is 1. The molecule has 402 valence electrons. The number of rotatable bonds is 54. The van der Waals surface area contributed by atoms with E-state index in [9.17, 15) is 19.0 Å². The molecule has 0 aliphatic rings. The monoisotopic (exact) mass is 983 g/mol. The van der Waals surface area contributed by atoms with Crippen LogP contribution < -0.4 is 0 Å². The molecule has 0 saturated heterocycles. The fraction of sp³-hybridized carbons (Fsp3) is 0.897. The molecule has 9 nitrogen and oxygen atoms in total. The quantitative estimate of drug-likeness (QED) is 0.0211. The highest BCUT2D eigenvalue weighted by Crippen LogP contribution is 2.43. The lowest BCUT2D eigenvalue weighted by Gasteiger charge is -2.24. The number of unbranched alkanes of at least 4 members (excludes halogenated alkanes) is 36. The maximum atomic E-state index is 12.8. The summed E-state index contributed by atoms with van der Waals surface area (Å²) >= 11 is 0. The molecule has 68 heavy (non-hydrogen) atoms. The standard InChI is InChI=1S/C58H112NO8P/c1-6-8-10-12-14-16-18-19-20-21-22-23-24-25-26-27-28-29-30-31-32-33-34-35-36-37-38-39-41-43-45-47-49-51-58(61)67-56(55-66-68(62,63)65-53-52-59(3,4)5)54-64-57(60)50-48-46-44-42-40-17-15-13-11-9-7-2/h18-19,21-22,56H,6-17,20,23-55H2,1-5H3/p+1/b19-18-,22-21-. The molecule has 0 amide bonds. The molecule has 0 aromatic heterocycles. The lowest BCUT2D eigenvalue weighted by molar-refractivity contribution is -0.870. The van der Waals surface area contributed by atoms with Gasteiger partial charge in [0.05, 0.1) is 27.7 Å². The second-order valence-electron chi connectivity index (χ2n) is 21.0. The molecule has 0 aromatic rings. The largest absolute Gasteiger partial charge is 0.472 e. The fourth-order valence-corrected chi connectivity index (χ4v) is 9.20. The van der Waals surface area contributed by atoms with Crippen LogP contribution in [0.4, 0.5) is 0 Å². The van der Waals surface area contributed by atoms with Crippen molar-refractivity contribution in [2.24, 2.45) is 0 Å². The first-order valence-electron chi connectivity index (χ1n) is 29.1. The van der Waals surface area contributed by atoms with E-state index in [0.29, 0.717) is 23.9 Å². The van der Waals surface area contributed by atoms with E-state index in [1.54, 1.807) is 0 Å². The van der Waals surface area contributed by atoms with E-state index in [0.717, 1.165) is 38.5 Å². The van der Waals surface area contributed by atoms with Crippen molar-refractivity contribution in [2.75, 3.05) is 47.5 Å². The SMILES string of the molecule is CCCCCCC/C=C\C/C=C\CCCCCCCCCCCCCCCCCCCCCCCC(=O)OC(COC(=O)CCCCCCCCCCCCC)COP(=O)(O)OCC[N+](C)(C)C. The number of nitrogens with zero attached hydrogens (tertiary/aromatic N) is 1. The normalized spacial score (nSPS) is 13.4. The average molecular weight is 984 g/mol. The van der Waals surface area contributed by atoms with Gasteiger partial charge in [-0.25, -0.2) is 4.57 Å². The van der Waals surface area contributed by atoms with Crippen molar-refractivity contribution in [3.63, 3.8) is 0 Å². The van der Waals surface area contributed by atoms with Crippen LogP contribution in [0, 0.1) is 0 Å². The highest BCUT2D eigenvalue weighted by molar-refractivity contribution is 7.47. The van der Waals surface area contributed by atoms with Crippen LogP contribution in [-0.2, 0) is 32.7 Å². The van der Waals surface area contributed by atoms with E-state index in [1.165, 1.54) is 212 Å². The zero-order valence-corrected chi connectivity index (χ0v) is 46.5. The third-order valence-corrected chi connectivity index (χ3v) is 14.0. The lowest BCUT2D eigenvalue weighted by Crippen LogP contribution is -2.37. The van der Waals surface area contributed by atoms with Crippen LogP contribution in [-0.4, -0.2) is 74.9 Å². The molecule has 0 aliphatic heterocycles. The molecule has 2 unspecified atom stereocenters. The molecular weight excluding hydrogens is 870 g/mol. The van der Waals surface area contributed by atoms with Crippen LogP contribution in [0.3, 0.4) is 0 Å². The summed E-state index contributed by atoms with van der Waals surface area (Å²) in [6.07, 6.45) is 59.8. The maximum Gasteiger partial charge on any atom is 0.472 e. The summed E-state index contributed by atoms with van der Waals surface area (Å²) < 4.78 is 34.5. The zero-order chi connectivity index (χ0) is 49.9. The smallest absolute Gasteiger partial charge is 0.462 e. The third kappa shape index (κ3) is 53.8. The lowest BCUT2D eigenvalue weighted by atomic mass is 10.0. The average Bonchev–Trinajstić information content (AvgIpc) is 3.30. The van der Waals surface area contributed by atoms with Gasteiger partial charge in [0.25, 0.3) is 0 Å². The van der Waals surface area contributed by atoms with Crippen molar-refractivity contribution in [3.8, 4) is 0 Å². The summed E-state index contributed by atoms with van der Waals surface area (Å²) in [5, 5.41) is 0. The van der Waals surface area contributed by atoms with Gasteiger partial charge in [0.1, 0.15) is 19.8 Å². The number of quaternary nitrogens is 1. The van der Waals surface area contributed by atoms with Crippen molar-refractivity contribution in [1.29, 1.82) is 0 Å². The number of allylic oxidation sites excluding steroid dienone is 4. The molecule has 2 atom stereocenters. The zero-order valence-electron chi connectivity index (χ0n) is 45.6. The first kappa shape index (κ1) is 66.5. The van der Waals surface area contributed by atoms with Gasteiger partial charge < -0.3 is 18.9 Å². The number of hydrogen-bond donors (Lipinski definition) is 1. The maximum absolute atomic E-state index is 12.8. The summed E-state index contributed by atoms with van der Waals surface area (Å²) in [6.45, 7) is 4.45. The Morgan fingerprint density at radius 2 is 0.794 bits per heavy atom. The Morgan fingerprint density at radius 1 is 0.456 bits per heavy atom. The van der Waals surface area contributed by atoms with Crippen molar-refractivity contribution in [2.45, 2.75) is 290 Å². The molecule has 10 heteroatoms. The van der Waals surface area contributed by atoms with E-state index in [-0.39, 0.29) is 25.6 Å². The summed E-state index contributed by atoms with van der Waals surface area (Å²) in [4.78, 5) is 35.5. The highest BCUT2D eigenvalue weighted by atomic mass is 31.2. The molecule has 0 saturated carbocycles. The number of hydrogen-bond acceptors (Lipinski definition) is 7. The minimum atomic E-state index is -4.37. The van der Waals surface area contributed by atoms with Crippen LogP contribution in [0.25, 0.3) is 0 Å². The third-order valence-electron chi connectivity index (χ3n) is 13.0. The first-order valence-corrected chi connectivity index (χ1v) is 30.6. The van der Waals surface area contributed by atoms with Crippen molar-refractivity contribution in [3.05, 3.63) is 24.3 Å². The summed E-state index contributed by atoms with van der Waals surface area (Å²) in [7, 11) is 1.49. The number of carbonyl (C=O) groups is 2. The van der Waals surface area contributed by atoms with E-state index >= 15 is 0 Å². The topological polar surface area (TPSA) is 108 Å². The van der Waals surface area contributed by atoms with Crippen LogP contribution in [0.5, 0.6) is 0 Å². The molecular formula is C58H113NO8P+. The second kappa shape index (κ2) is 50.4. The van der Waals surface area contributed by atoms with Gasteiger partial charge in [-0.3, -0.25) is 18.6 Å². The number of esters is 2. The van der Waals surface area contributed by atoms with Gasteiger partial charge in [0, 0.05) is 12.8 Å². The molecule has 0 bridgehead atoms. The predicted molar refractivity (Wildman–Crippen MR) is 289 cm³/mol. The Balaban J connectivity index is 3.94. The first-order chi connectivity index (χ1) is 33.0. The summed E-state index contributed by atoms with van der Waals surface area (Å²) in [6, 6.07) is 0. The Bertz CT molecular complexity index is 1200. The van der Waals surface area contributed by atoms with Gasteiger partial charge in [-0.1, -0.05) is 250 Å². The number of phosphoric ester groups is 1. The van der Waals surface area contributed by atoms with E-state index in [1.807, 2.05) is 21.1 Å². The van der Waals surface area contributed by atoms with E-state index < -0.39 is 26.5 Å². The molecule has 0 aromatic carbocycles. The molecule has 0 heterocycles. The van der Waals surface area contributed by atoms with Crippen LogP contribution in [0.1, 0.15) is 284 Å². The highest BCUT2D eigenvalue weighted by Gasteiger charge is 2.27. The Hall–Kier alpha value is -1.51. The molecule has 0 rings (SSSR count). The molecule has 0 spiro atoms. The number of carbonyl (C=O) groups excluding carboxylic acids is 2. The van der Waals surface area contributed by atoms with Crippen molar-refractivity contribution < 1.29 is 42.1 Å². The van der Waals surface area contributed by atoms with Crippen molar-refractivity contribution >= 4 is 19.8 Å². The van der Waals surface area contributed by atoms with Crippen LogP contribution in [0.15, 0.2) is 24.3 Å². The number of ether oxygens (including phenoxy) is 2. The Kier molecular flexibility index (Phi) is 49.3. The fourth-order valence-electron chi connectivity index (χ4n) is 8.46. The van der Waals surface area contributed by atoms with Crippen LogP contribution >= 0.6 is 7.82 Å². The van der Waals surface area contributed by atoms with Gasteiger partial charge in [-0.2, -0.15) is 0 Å². The summed E-state index contributed by atoms with van der Waals surface area (Å²) in [5.74, 6) is -0.783. The molecule has 1 N–H and O–H groups in total. The molecule has 0 aliphatic carbocycles. The molecule has 0 fully saturated rings. The molecule has 0 radical (unpaired) electrons. The second-order valence-corrected chi connectivity index (χ2v) is 22.5. The minimum absolute atomic E-state index is 0.0354. The number of phosphoric acid groups is 1. The van der Waals surface area contributed by atoms with Gasteiger partial charge in [0.15, 0.2) is 6.10 Å². The minimum Gasteiger partial charge on any atom is -0.462 e. The van der Waals surface area contributed by atoms with E-state index in [2.05, 4.69) is 38.2 Å². The predicted octanol–water partition coefficient (Wildman–Crippen LogP) is 17.8. The Morgan fingerprint density at radius 3 is 1.16 bits per heavy atom. The van der Waals surface area contributed by atoms with Gasteiger partial charge >= 0.3 is 19.8 Å². The van der Waals surface area contributed by atoms with E-state index in [4.69, 9.17) is 18.5 Å². The summed E-state index contributed by atoms with van der Waals surface area (Å²) in [5.41, 5.74) is 0. The van der Waals surface area contributed by atoms with Gasteiger partial charge in [-0.15, -0.1) is 0 Å². The Labute approximate surface area is 421 Å². The van der Waals surface area contributed by atoms with Crippen molar-refractivity contribution in [1.82, 2.24) is 0 Å².